The van der Waals surface area contributed by atoms with Crippen LogP contribution in [0.1, 0.15) is 12.8 Å². The number of carbonyl (C=O) groups is 2. The largest absolute Gasteiger partial charge is 0.369 e. The van der Waals surface area contributed by atoms with Gasteiger partial charge >= 0.3 is 0 Å². The van der Waals surface area contributed by atoms with E-state index in [1.54, 1.807) is 4.90 Å². The van der Waals surface area contributed by atoms with Crippen molar-refractivity contribution in [2.24, 2.45) is 17.6 Å². The molecule has 2 amide bonds. The highest BCUT2D eigenvalue weighted by atomic mass is 16.2. The van der Waals surface area contributed by atoms with Crippen LogP contribution in [0, 0.1) is 11.8 Å². The Hall–Kier alpha value is -1.10. The van der Waals surface area contributed by atoms with Crippen LogP contribution in [0.3, 0.4) is 0 Å². The number of primary amides is 1. The molecule has 2 saturated heterocycles. The molecule has 0 spiro atoms. The molecule has 3 N–H and O–H groups in total. The zero-order valence-electron chi connectivity index (χ0n) is 8.74. The van der Waals surface area contributed by atoms with Gasteiger partial charge in [-0.2, -0.15) is 0 Å². The Kier molecular flexibility index (Phi) is 2.90. The van der Waals surface area contributed by atoms with E-state index in [4.69, 9.17) is 5.73 Å². The van der Waals surface area contributed by atoms with Crippen LogP contribution in [0.15, 0.2) is 0 Å². The summed E-state index contributed by atoms with van der Waals surface area (Å²) in [5.41, 5.74) is 5.22. The van der Waals surface area contributed by atoms with Gasteiger partial charge in [0.1, 0.15) is 0 Å². The zero-order valence-corrected chi connectivity index (χ0v) is 8.74. The molecule has 2 aliphatic heterocycles. The van der Waals surface area contributed by atoms with Crippen LogP contribution < -0.4 is 11.1 Å². The van der Waals surface area contributed by atoms with Gasteiger partial charge in [0, 0.05) is 19.6 Å². The van der Waals surface area contributed by atoms with Crippen LogP contribution in [0.5, 0.6) is 0 Å². The number of carbonyl (C=O) groups excluding carboxylic acids is 2. The van der Waals surface area contributed by atoms with Crippen molar-refractivity contribution >= 4 is 11.8 Å². The van der Waals surface area contributed by atoms with Gasteiger partial charge in [-0.15, -0.1) is 0 Å². The molecular weight excluding hydrogens is 194 g/mol. The van der Waals surface area contributed by atoms with E-state index < -0.39 is 0 Å². The average Bonchev–Trinajstić information content (AvgIpc) is 2.88. The van der Waals surface area contributed by atoms with Crippen molar-refractivity contribution in [1.82, 2.24) is 10.2 Å². The summed E-state index contributed by atoms with van der Waals surface area (Å²) in [5.74, 6) is -0.126. The van der Waals surface area contributed by atoms with Gasteiger partial charge in [0.15, 0.2) is 0 Å². The topological polar surface area (TPSA) is 75.4 Å². The molecule has 0 aromatic rings. The Bertz CT molecular complexity index is 274. The minimum Gasteiger partial charge on any atom is -0.369 e. The standard InChI is InChI=1S/C10H17N3O2/c11-9(14)8-2-4-13(6-8)10(15)7-1-3-12-5-7/h7-8,12H,1-6H2,(H2,11,14). The maximum absolute atomic E-state index is 11.9. The monoisotopic (exact) mass is 211 g/mol. The Morgan fingerprint density at radius 1 is 1.27 bits per heavy atom. The molecule has 0 aromatic heterocycles. The van der Waals surface area contributed by atoms with Gasteiger partial charge in [-0.1, -0.05) is 0 Å². The zero-order chi connectivity index (χ0) is 10.8. The number of amides is 2. The molecular formula is C10H17N3O2. The lowest BCUT2D eigenvalue weighted by Gasteiger charge is -2.19. The molecule has 0 radical (unpaired) electrons. The first-order valence-corrected chi connectivity index (χ1v) is 5.47. The molecule has 0 aliphatic carbocycles. The van der Waals surface area contributed by atoms with Crippen molar-refractivity contribution < 1.29 is 9.59 Å². The Morgan fingerprint density at radius 3 is 2.60 bits per heavy atom. The van der Waals surface area contributed by atoms with Crippen LogP contribution in [0.4, 0.5) is 0 Å². The molecule has 0 aromatic carbocycles. The number of hydrogen-bond donors (Lipinski definition) is 2. The van der Waals surface area contributed by atoms with E-state index in [1.165, 1.54) is 0 Å². The maximum Gasteiger partial charge on any atom is 0.227 e. The molecule has 2 unspecified atom stereocenters. The van der Waals surface area contributed by atoms with Crippen molar-refractivity contribution in [2.45, 2.75) is 12.8 Å². The van der Waals surface area contributed by atoms with Crippen LogP contribution in [-0.2, 0) is 9.59 Å². The maximum atomic E-state index is 11.9. The van der Waals surface area contributed by atoms with E-state index in [0.717, 1.165) is 25.9 Å². The third-order valence-corrected chi connectivity index (χ3v) is 3.31. The third kappa shape index (κ3) is 2.12. The Morgan fingerprint density at radius 2 is 2.07 bits per heavy atom. The molecule has 15 heavy (non-hydrogen) atoms. The van der Waals surface area contributed by atoms with Crippen molar-refractivity contribution in [3.63, 3.8) is 0 Å². The Labute approximate surface area is 89.0 Å². The number of nitrogens with zero attached hydrogens (tertiary/aromatic N) is 1. The van der Waals surface area contributed by atoms with Crippen LogP contribution in [-0.4, -0.2) is 42.9 Å². The predicted molar refractivity (Wildman–Crippen MR) is 54.9 cm³/mol. The number of nitrogens with two attached hydrogens (primary N) is 1. The molecule has 2 rings (SSSR count). The molecule has 0 saturated carbocycles. The normalized spacial score (nSPS) is 30.8. The Balaban J connectivity index is 1.89. The lowest BCUT2D eigenvalue weighted by molar-refractivity contribution is -0.134. The fraction of sp³-hybridized carbons (Fsp3) is 0.800. The number of hydrogen-bond acceptors (Lipinski definition) is 3. The minimum absolute atomic E-state index is 0.108. The van der Waals surface area contributed by atoms with Crippen LogP contribution >= 0.6 is 0 Å². The minimum atomic E-state index is -0.283. The highest BCUT2D eigenvalue weighted by Crippen LogP contribution is 2.20. The second-order valence-electron chi connectivity index (χ2n) is 4.36. The number of rotatable bonds is 2. The lowest BCUT2D eigenvalue weighted by atomic mass is 10.1. The van der Waals surface area contributed by atoms with E-state index in [2.05, 4.69) is 5.32 Å². The third-order valence-electron chi connectivity index (χ3n) is 3.31. The number of nitrogens with one attached hydrogen (secondary N) is 1. The molecule has 0 bridgehead atoms. The fourth-order valence-electron chi connectivity index (χ4n) is 2.32. The van der Waals surface area contributed by atoms with Crippen LogP contribution in [0.2, 0.25) is 0 Å². The van der Waals surface area contributed by atoms with Gasteiger partial charge in [-0.05, 0) is 19.4 Å². The molecule has 2 heterocycles. The average molecular weight is 211 g/mol. The summed E-state index contributed by atoms with van der Waals surface area (Å²) in [5, 5.41) is 3.17. The molecule has 2 fully saturated rings. The summed E-state index contributed by atoms with van der Waals surface area (Å²) in [6.07, 6.45) is 1.64. The van der Waals surface area contributed by atoms with Gasteiger partial charge in [0.05, 0.1) is 11.8 Å². The smallest absolute Gasteiger partial charge is 0.227 e. The highest BCUT2D eigenvalue weighted by molar-refractivity contribution is 5.82. The SMILES string of the molecule is NC(=O)C1CCN(C(=O)C2CCNC2)C1. The quantitative estimate of drug-likeness (QED) is 0.610. The van der Waals surface area contributed by atoms with E-state index >= 15 is 0 Å². The summed E-state index contributed by atoms with van der Waals surface area (Å²) in [4.78, 5) is 24.7. The first-order chi connectivity index (χ1) is 7.18. The van der Waals surface area contributed by atoms with E-state index in [-0.39, 0.29) is 23.7 Å². The fourth-order valence-corrected chi connectivity index (χ4v) is 2.32. The summed E-state index contributed by atoms with van der Waals surface area (Å²) in [6, 6.07) is 0. The van der Waals surface area contributed by atoms with Crippen molar-refractivity contribution in [3.05, 3.63) is 0 Å². The predicted octanol–water partition coefficient (Wildman–Crippen LogP) is -1.07. The van der Waals surface area contributed by atoms with Gasteiger partial charge in [0.2, 0.25) is 11.8 Å². The van der Waals surface area contributed by atoms with Gasteiger partial charge < -0.3 is 16.0 Å². The molecule has 2 atom stereocenters. The molecule has 5 nitrogen and oxygen atoms in total. The van der Waals surface area contributed by atoms with E-state index in [9.17, 15) is 9.59 Å². The highest BCUT2D eigenvalue weighted by Gasteiger charge is 2.33. The van der Waals surface area contributed by atoms with Crippen molar-refractivity contribution in [3.8, 4) is 0 Å². The summed E-state index contributed by atoms with van der Waals surface area (Å²) >= 11 is 0. The van der Waals surface area contributed by atoms with Gasteiger partial charge in [0.25, 0.3) is 0 Å². The second kappa shape index (κ2) is 4.18. The lowest BCUT2D eigenvalue weighted by Crippen LogP contribution is -2.36. The molecule has 2 aliphatic rings. The molecule has 5 heteroatoms. The van der Waals surface area contributed by atoms with E-state index in [1.807, 2.05) is 0 Å². The summed E-state index contributed by atoms with van der Waals surface area (Å²) < 4.78 is 0. The first kappa shape index (κ1) is 10.4. The van der Waals surface area contributed by atoms with Crippen molar-refractivity contribution in [2.75, 3.05) is 26.2 Å². The second-order valence-corrected chi connectivity index (χ2v) is 4.36. The summed E-state index contributed by atoms with van der Waals surface area (Å²) in [6.45, 7) is 2.90. The molecule has 84 valence electrons. The number of likely N-dealkylation sites (tertiary alicyclic amines) is 1. The first-order valence-electron chi connectivity index (χ1n) is 5.47. The van der Waals surface area contributed by atoms with E-state index in [0.29, 0.717) is 13.1 Å². The van der Waals surface area contributed by atoms with Gasteiger partial charge in [-0.3, -0.25) is 9.59 Å². The summed E-state index contributed by atoms with van der Waals surface area (Å²) in [7, 11) is 0. The van der Waals surface area contributed by atoms with Crippen LogP contribution in [0.25, 0.3) is 0 Å². The van der Waals surface area contributed by atoms with Crippen molar-refractivity contribution in [1.29, 1.82) is 0 Å². The van der Waals surface area contributed by atoms with Gasteiger partial charge in [-0.25, -0.2) is 0 Å².